The van der Waals surface area contributed by atoms with Crippen molar-refractivity contribution in [2.45, 2.75) is 70.3 Å². The van der Waals surface area contributed by atoms with Gasteiger partial charge < -0.3 is 25.2 Å². The Bertz CT molecular complexity index is 796. The number of carbonyl (C=O) groups excluding carboxylic acids is 3. The monoisotopic (exact) mass is 476 g/mol. The number of benzene rings is 1. The summed E-state index contributed by atoms with van der Waals surface area (Å²) in [5.74, 6) is -2.03. The first-order valence-electron chi connectivity index (χ1n) is 10.5. The Hall–Kier alpha value is -2.82. The quantitative estimate of drug-likeness (QED) is 0.315. The Labute approximate surface area is 190 Å². The van der Waals surface area contributed by atoms with Crippen molar-refractivity contribution in [3.63, 3.8) is 0 Å². The summed E-state index contributed by atoms with van der Waals surface area (Å²) < 4.78 is 48.6. The zero-order valence-electron chi connectivity index (χ0n) is 19.1. The topological polar surface area (TPSA) is 114 Å². The number of esters is 1. The summed E-state index contributed by atoms with van der Waals surface area (Å²) in [4.78, 5) is 37.0. The van der Waals surface area contributed by atoms with Gasteiger partial charge in [-0.25, -0.2) is 4.79 Å². The molecule has 3 atom stereocenters. The van der Waals surface area contributed by atoms with Gasteiger partial charge in [0.1, 0.15) is 17.8 Å². The van der Waals surface area contributed by atoms with Crippen LogP contribution in [-0.4, -0.2) is 60.5 Å². The average Bonchev–Trinajstić information content (AvgIpc) is 2.72. The molecule has 186 valence electrons. The summed E-state index contributed by atoms with van der Waals surface area (Å²) >= 11 is 0. The first-order valence-corrected chi connectivity index (χ1v) is 10.5. The van der Waals surface area contributed by atoms with Crippen molar-refractivity contribution in [2.24, 2.45) is 0 Å². The van der Waals surface area contributed by atoms with E-state index in [9.17, 15) is 32.7 Å². The highest BCUT2D eigenvalue weighted by atomic mass is 19.4. The number of nitrogens with one attached hydrogen (secondary N) is 2. The predicted octanol–water partition coefficient (Wildman–Crippen LogP) is 2.27. The van der Waals surface area contributed by atoms with Gasteiger partial charge in [0, 0.05) is 6.42 Å². The van der Waals surface area contributed by atoms with Crippen molar-refractivity contribution in [1.29, 1.82) is 0 Å². The average molecular weight is 476 g/mol. The second-order valence-electron chi connectivity index (χ2n) is 7.87. The minimum Gasteiger partial charge on any atom is -0.497 e. The number of hydrogen-bond acceptors (Lipinski definition) is 6. The van der Waals surface area contributed by atoms with E-state index in [4.69, 9.17) is 9.47 Å². The van der Waals surface area contributed by atoms with Crippen LogP contribution in [0.3, 0.4) is 0 Å². The van der Waals surface area contributed by atoms with E-state index in [0.717, 1.165) is 6.42 Å². The number of carbonyl (C=O) groups is 3. The van der Waals surface area contributed by atoms with Crippen LogP contribution in [0.2, 0.25) is 0 Å². The van der Waals surface area contributed by atoms with Gasteiger partial charge in [0.2, 0.25) is 11.8 Å². The molecule has 1 aromatic rings. The molecule has 0 saturated heterocycles. The fourth-order valence-corrected chi connectivity index (χ4v) is 2.68. The second-order valence-corrected chi connectivity index (χ2v) is 7.87. The van der Waals surface area contributed by atoms with Crippen LogP contribution >= 0.6 is 0 Å². The standard InChI is InChI=1S/C22H31F3N2O6/c1-5-6-11-33-20(30)17(12-15-7-9-16(32-4)10-8-15)27-19(29)14(2)26-18(28)13-21(3,31)22(23,24)25/h7-10,14,17,31H,5-6,11-13H2,1-4H3,(H,26,28)(H,27,29)/t14-,17+,21?/m1/s1. The van der Waals surface area contributed by atoms with Gasteiger partial charge in [-0.2, -0.15) is 13.2 Å². The van der Waals surface area contributed by atoms with E-state index in [1.165, 1.54) is 14.0 Å². The Morgan fingerprint density at radius 2 is 1.73 bits per heavy atom. The van der Waals surface area contributed by atoms with E-state index < -0.39 is 48.1 Å². The van der Waals surface area contributed by atoms with Gasteiger partial charge in [-0.15, -0.1) is 0 Å². The third kappa shape index (κ3) is 9.29. The third-order valence-corrected chi connectivity index (χ3v) is 4.83. The van der Waals surface area contributed by atoms with Gasteiger partial charge in [-0.1, -0.05) is 25.5 Å². The molecular weight excluding hydrogens is 445 g/mol. The van der Waals surface area contributed by atoms with Crippen LogP contribution in [0.5, 0.6) is 5.75 Å². The van der Waals surface area contributed by atoms with Gasteiger partial charge in [-0.3, -0.25) is 9.59 Å². The number of unbranched alkanes of at least 4 members (excludes halogenated alkanes) is 1. The Morgan fingerprint density at radius 3 is 2.24 bits per heavy atom. The van der Waals surface area contributed by atoms with Crippen LogP contribution in [0, 0.1) is 0 Å². The molecule has 0 aliphatic rings. The fraction of sp³-hybridized carbons (Fsp3) is 0.591. The number of rotatable bonds is 12. The van der Waals surface area contributed by atoms with E-state index in [-0.39, 0.29) is 13.0 Å². The van der Waals surface area contributed by atoms with E-state index in [1.807, 2.05) is 6.92 Å². The van der Waals surface area contributed by atoms with Crippen molar-refractivity contribution < 1.29 is 42.1 Å². The molecule has 0 fully saturated rings. The van der Waals surface area contributed by atoms with Crippen molar-refractivity contribution in [2.75, 3.05) is 13.7 Å². The third-order valence-electron chi connectivity index (χ3n) is 4.83. The first kappa shape index (κ1) is 28.2. The normalized spacial score (nSPS) is 15.0. The SMILES string of the molecule is CCCCOC(=O)[C@H](Cc1ccc(OC)cc1)NC(=O)[C@@H](C)NC(=O)CC(C)(O)C(F)(F)F. The highest BCUT2D eigenvalue weighted by Crippen LogP contribution is 2.32. The van der Waals surface area contributed by atoms with Crippen LogP contribution in [0.1, 0.15) is 45.6 Å². The molecule has 11 heteroatoms. The predicted molar refractivity (Wildman–Crippen MR) is 113 cm³/mol. The molecule has 0 spiro atoms. The molecule has 0 heterocycles. The lowest BCUT2D eigenvalue weighted by Gasteiger charge is -2.26. The highest BCUT2D eigenvalue weighted by molar-refractivity contribution is 5.90. The molecular formula is C22H31F3N2O6. The number of amides is 2. The first-order chi connectivity index (χ1) is 15.3. The molecule has 8 nitrogen and oxygen atoms in total. The molecule has 1 rings (SSSR count). The molecule has 0 bridgehead atoms. The zero-order valence-corrected chi connectivity index (χ0v) is 19.1. The number of aliphatic hydroxyl groups is 1. The van der Waals surface area contributed by atoms with Crippen LogP contribution in [0.4, 0.5) is 13.2 Å². The van der Waals surface area contributed by atoms with E-state index in [1.54, 1.807) is 24.3 Å². The van der Waals surface area contributed by atoms with Crippen molar-refractivity contribution in [1.82, 2.24) is 10.6 Å². The van der Waals surface area contributed by atoms with Gasteiger partial charge in [-0.05, 0) is 38.0 Å². The molecule has 1 aromatic carbocycles. The molecule has 0 aliphatic heterocycles. The lowest BCUT2D eigenvalue weighted by atomic mass is 10.0. The number of methoxy groups -OCH3 is 1. The number of hydrogen-bond donors (Lipinski definition) is 3. The van der Waals surface area contributed by atoms with Crippen molar-refractivity contribution >= 4 is 17.8 Å². The maximum absolute atomic E-state index is 12.8. The number of ether oxygens (including phenoxy) is 2. The van der Waals surface area contributed by atoms with Crippen LogP contribution < -0.4 is 15.4 Å². The molecule has 0 radical (unpaired) electrons. The molecule has 1 unspecified atom stereocenters. The van der Waals surface area contributed by atoms with Crippen LogP contribution in [-0.2, 0) is 25.5 Å². The summed E-state index contributed by atoms with van der Waals surface area (Å²) in [6.07, 6.45) is -4.76. The lowest BCUT2D eigenvalue weighted by molar-refractivity contribution is -0.253. The van der Waals surface area contributed by atoms with Gasteiger partial charge in [0.05, 0.1) is 20.1 Å². The number of alkyl halides is 3. The smallest absolute Gasteiger partial charge is 0.417 e. The Balaban J connectivity index is 2.83. The van der Waals surface area contributed by atoms with E-state index in [0.29, 0.717) is 24.7 Å². The maximum Gasteiger partial charge on any atom is 0.417 e. The van der Waals surface area contributed by atoms with Gasteiger partial charge >= 0.3 is 12.1 Å². The highest BCUT2D eigenvalue weighted by Gasteiger charge is 2.51. The van der Waals surface area contributed by atoms with Gasteiger partial charge in [0.25, 0.3) is 0 Å². The second kappa shape index (κ2) is 12.4. The van der Waals surface area contributed by atoms with Crippen LogP contribution in [0.25, 0.3) is 0 Å². The zero-order chi connectivity index (χ0) is 25.2. The summed E-state index contributed by atoms with van der Waals surface area (Å²) in [6, 6.07) is 4.45. The summed E-state index contributed by atoms with van der Waals surface area (Å²) in [5.41, 5.74) is -2.54. The fourth-order valence-electron chi connectivity index (χ4n) is 2.68. The lowest BCUT2D eigenvalue weighted by Crippen LogP contribution is -2.53. The van der Waals surface area contributed by atoms with Crippen molar-refractivity contribution in [3.8, 4) is 5.75 Å². The molecule has 0 saturated carbocycles. The molecule has 3 N–H and O–H groups in total. The largest absolute Gasteiger partial charge is 0.497 e. The number of halogens is 3. The van der Waals surface area contributed by atoms with Gasteiger partial charge in [0.15, 0.2) is 5.60 Å². The Kier molecular flexibility index (Phi) is 10.6. The molecule has 0 aliphatic carbocycles. The minimum atomic E-state index is -5.01. The summed E-state index contributed by atoms with van der Waals surface area (Å²) in [6.45, 7) is 3.81. The molecule has 0 aromatic heterocycles. The minimum absolute atomic E-state index is 0.0874. The maximum atomic E-state index is 12.8. The van der Waals surface area contributed by atoms with Crippen molar-refractivity contribution in [3.05, 3.63) is 29.8 Å². The van der Waals surface area contributed by atoms with E-state index >= 15 is 0 Å². The van der Waals surface area contributed by atoms with E-state index in [2.05, 4.69) is 10.6 Å². The molecule has 33 heavy (non-hydrogen) atoms. The Morgan fingerprint density at radius 1 is 1.12 bits per heavy atom. The van der Waals surface area contributed by atoms with Crippen LogP contribution in [0.15, 0.2) is 24.3 Å². The summed E-state index contributed by atoms with van der Waals surface area (Å²) in [7, 11) is 1.51. The summed E-state index contributed by atoms with van der Waals surface area (Å²) in [5, 5.41) is 14.0. The molecule has 2 amide bonds.